The summed E-state index contributed by atoms with van der Waals surface area (Å²) >= 11 is 0. The van der Waals surface area contributed by atoms with Gasteiger partial charge >= 0.3 is 39.5 Å². The molecule has 2 unspecified atom stereocenters. The van der Waals surface area contributed by atoms with Crippen molar-refractivity contribution in [2.75, 3.05) is 39.6 Å². The molecular formula is C86H168O17P2. The number of phosphoric acid groups is 2. The Morgan fingerprint density at radius 2 is 0.438 bits per heavy atom. The van der Waals surface area contributed by atoms with Gasteiger partial charge in [0, 0.05) is 25.7 Å². The van der Waals surface area contributed by atoms with Gasteiger partial charge in [0.05, 0.1) is 26.4 Å². The molecule has 3 N–H and O–H groups in total. The fraction of sp³-hybridized carbons (Fsp3) is 0.953. The van der Waals surface area contributed by atoms with Crippen molar-refractivity contribution in [1.29, 1.82) is 0 Å². The van der Waals surface area contributed by atoms with Crippen LogP contribution in [0.15, 0.2) is 0 Å². The molecule has 0 radical (unpaired) electrons. The summed E-state index contributed by atoms with van der Waals surface area (Å²) in [4.78, 5) is 73.2. The van der Waals surface area contributed by atoms with Crippen LogP contribution in [0.4, 0.5) is 0 Å². The average Bonchev–Trinajstić information content (AvgIpc) is 0.910. The zero-order chi connectivity index (χ0) is 77.1. The van der Waals surface area contributed by atoms with Crippen molar-refractivity contribution in [2.24, 2.45) is 11.8 Å². The lowest BCUT2D eigenvalue weighted by Gasteiger charge is -2.21. The van der Waals surface area contributed by atoms with E-state index in [0.29, 0.717) is 25.7 Å². The van der Waals surface area contributed by atoms with Crippen molar-refractivity contribution in [3.05, 3.63) is 0 Å². The Hall–Kier alpha value is -1.94. The number of hydrogen-bond acceptors (Lipinski definition) is 15. The fourth-order valence-corrected chi connectivity index (χ4v) is 15.0. The Kier molecular flexibility index (Phi) is 76.0. The van der Waals surface area contributed by atoms with Crippen LogP contribution in [0.25, 0.3) is 0 Å². The Morgan fingerprint density at radius 3 is 0.648 bits per heavy atom. The molecule has 0 bridgehead atoms. The van der Waals surface area contributed by atoms with Gasteiger partial charge in [-0.25, -0.2) is 9.13 Å². The van der Waals surface area contributed by atoms with E-state index in [9.17, 15) is 43.2 Å². The van der Waals surface area contributed by atoms with Crippen LogP contribution in [0.3, 0.4) is 0 Å². The zero-order valence-corrected chi connectivity index (χ0v) is 70.8. The van der Waals surface area contributed by atoms with Crippen molar-refractivity contribution in [3.8, 4) is 0 Å². The van der Waals surface area contributed by atoms with Crippen molar-refractivity contribution in [2.45, 2.75) is 477 Å². The summed E-state index contributed by atoms with van der Waals surface area (Å²) in [5.41, 5.74) is 0. The van der Waals surface area contributed by atoms with E-state index in [1.807, 2.05) is 0 Å². The second kappa shape index (κ2) is 77.4. The minimum atomic E-state index is -4.97. The Morgan fingerprint density at radius 1 is 0.257 bits per heavy atom. The normalized spacial score (nSPS) is 13.8. The van der Waals surface area contributed by atoms with Crippen LogP contribution in [0, 0.1) is 11.8 Å². The lowest BCUT2D eigenvalue weighted by Crippen LogP contribution is -2.30. The van der Waals surface area contributed by atoms with E-state index in [-0.39, 0.29) is 25.7 Å². The van der Waals surface area contributed by atoms with Crippen LogP contribution < -0.4 is 0 Å². The van der Waals surface area contributed by atoms with Gasteiger partial charge in [0.15, 0.2) is 12.2 Å². The average molecular weight is 1540 g/mol. The number of esters is 4. The lowest BCUT2D eigenvalue weighted by atomic mass is 10.0. The number of carbonyl (C=O) groups excluding carboxylic acids is 4. The fourth-order valence-electron chi connectivity index (χ4n) is 13.4. The van der Waals surface area contributed by atoms with E-state index >= 15 is 0 Å². The molecule has 0 spiro atoms. The number of rotatable bonds is 85. The second-order valence-electron chi connectivity index (χ2n) is 31.9. The van der Waals surface area contributed by atoms with Crippen LogP contribution in [-0.4, -0.2) is 96.7 Å². The summed E-state index contributed by atoms with van der Waals surface area (Å²) in [7, 11) is -9.93. The number of ether oxygens (including phenoxy) is 4. The summed E-state index contributed by atoms with van der Waals surface area (Å²) in [6.07, 6.45) is 69.6. The molecule has 0 aromatic carbocycles. The molecule has 5 atom stereocenters. The number of hydrogen-bond donors (Lipinski definition) is 3. The standard InChI is InChI=1S/C86H168O17P2/c1-7-9-11-13-15-17-19-21-23-25-27-29-31-33-35-39-43-50-56-62-68-83(88)96-74-81(102-85(90)70-64-58-52-44-40-36-34-32-30-28-26-24-22-20-18-16-14-12-10-8-2)76-100-104(92,93)98-72-80(87)73-99-105(94,95)101-77-82(75-97-84(89)69-63-57-51-47-46-49-55-61-67-79(5)6)103-86(91)71-65-59-53-45-41-37-38-42-48-54-60-66-78(3)4/h78-82,87H,7-77H2,1-6H3,(H,92,93)(H,94,95)/t80-,81-,82-/m1/s1. The summed E-state index contributed by atoms with van der Waals surface area (Å²) in [6.45, 7) is 9.63. The number of carbonyl (C=O) groups is 4. The first-order chi connectivity index (χ1) is 50.9. The molecule has 624 valence electrons. The maximum atomic E-state index is 13.1. The molecule has 0 aromatic heterocycles. The molecule has 17 nitrogen and oxygen atoms in total. The Balaban J connectivity index is 5.23. The third kappa shape index (κ3) is 79.9. The predicted molar refractivity (Wildman–Crippen MR) is 432 cm³/mol. The van der Waals surface area contributed by atoms with Crippen LogP contribution in [0.1, 0.15) is 459 Å². The summed E-state index contributed by atoms with van der Waals surface area (Å²) in [5.74, 6) is -0.612. The SMILES string of the molecule is CCCCCCCCCCCCCCCCCCCCCCC(=O)OC[C@H](COP(=O)(O)OC[C@@H](O)COP(=O)(O)OC[C@@H](COC(=O)CCCCCCCCCCC(C)C)OC(=O)CCCCCCCCCCCCCC(C)C)OC(=O)CCCCCCCCCCCCCCCCCCCCCC. The molecule has 0 fully saturated rings. The van der Waals surface area contributed by atoms with E-state index in [4.69, 9.17) is 37.0 Å². The monoisotopic (exact) mass is 1540 g/mol. The Labute approximate surface area is 645 Å². The van der Waals surface area contributed by atoms with Crippen LogP contribution >= 0.6 is 15.6 Å². The molecule has 0 saturated carbocycles. The van der Waals surface area contributed by atoms with Crippen LogP contribution in [-0.2, 0) is 65.4 Å². The molecule has 0 amide bonds. The largest absolute Gasteiger partial charge is 0.472 e. The maximum absolute atomic E-state index is 13.1. The molecule has 0 aliphatic carbocycles. The van der Waals surface area contributed by atoms with Crippen molar-refractivity contribution in [3.63, 3.8) is 0 Å². The van der Waals surface area contributed by atoms with Crippen LogP contribution in [0.5, 0.6) is 0 Å². The van der Waals surface area contributed by atoms with E-state index < -0.39 is 97.5 Å². The summed E-state index contributed by atoms with van der Waals surface area (Å²) in [5, 5.41) is 10.7. The molecule has 0 rings (SSSR count). The molecule has 19 heteroatoms. The third-order valence-electron chi connectivity index (χ3n) is 20.2. The topological polar surface area (TPSA) is 237 Å². The highest BCUT2D eigenvalue weighted by atomic mass is 31.2. The molecule has 0 saturated heterocycles. The van der Waals surface area contributed by atoms with E-state index in [0.717, 1.165) is 102 Å². The van der Waals surface area contributed by atoms with Gasteiger partial charge in [-0.15, -0.1) is 0 Å². The van der Waals surface area contributed by atoms with Crippen LogP contribution in [0.2, 0.25) is 0 Å². The molecule has 105 heavy (non-hydrogen) atoms. The van der Waals surface area contributed by atoms with Gasteiger partial charge in [-0.2, -0.15) is 0 Å². The summed E-state index contributed by atoms with van der Waals surface area (Å²) < 4.78 is 68.9. The van der Waals surface area contributed by atoms with Crippen molar-refractivity contribution < 1.29 is 80.2 Å². The van der Waals surface area contributed by atoms with Gasteiger partial charge in [0.2, 0.25) is 0 Å². The van der Waals surface area contributed by atoms with Gasteiger partial charge in [0.25, 0.3) is 0 Å². The first-order valence-corrected chi connectivity index (χ1v) is 47.5. The minimum absolute atomic E-state index is 0.106. The second-order valence-corrected chi connectivity index (χ2v) is 34.8. The lowest BCUT2D eigenvalue weighted by molar-refractivity contribution is -0.161. The number of aliphatic hydroxyl groups is 1. The molecular weight excluding hydrogens is 1370 g/mol. The number of phosphoric ester groups is 2. The maximum Gasteiger partial charge on any atom is 0.472 e. The molecule has 0 aliphatic heterocycles. The highest BCUT2D eigenvalue weighted by molar-refractivity contribution is 7.47. The van der Waals surface area contributed by atoms with Gasteiger partial charge in [-0.1, -0.05) is 408 Å². The highest BCUT2D eigenvalue weighted by Gasteiger charge is 2.30. The predicted octanol–water partition coefficient (Wildman–Crippen LogP) is 26.2. The number of unbranched alkanes of at least 4 members (excludes halogenated alkanes) is 55. The third-order valence-corrected chi connectivity index (χ3v) is 22.1. The van der Waals surface area contributed by atoms with Gasteiger partial charge in [-0.05, 0) is 37.5 Å². The zero-order valence-electron chi connectivity index (χ0n) is 69.0. The highest BCUT2D eigenvalue weighted by Crippen LogP contribution is 2.45. The molecule has 0 heterocycles. The van der Waals surface area contributed by atoms with E-state index in [1.54, 1.807) is 0 Å². The van der Waals surface area contributed by atoms with E-state index in [1.165, 1.54) is 276 Å². The first-order valence-electron chi connectivity index (χ1n) is 44.5. The van der Waals surface area contributed by atoms with E-state index in [2.05, 4.69) is 41.5 Å². The minimum Gasteiger partial charge on any atom is -0.462 e. The quantitative estimate of drug-likeness (QED) is 0.0222. The van der Waals surface area contributed by atoms with Gasteiger partial charge in [0.1, 0.15) is 19.3 Å². The smallest absolute Gasteiger partial charge is 0.462 e. The molecule has 0 aromatic rings. The summed E-state index contributed by atoms with van der Waals surface area (Å²) in [6, 6.07) is 0. The number of aliphatic hydroxyl groups excluding tert-OH is 1. The van der Waals surface area contributed by atoms with Gasteiger partial charge in [-0.3, -0.25) is 37.3 Å². The Bertz CT molecular complexity index is 2010. The van der Waals surface area contributed by atoms with Crippen molar-refractivity contribution in [1.82, 2.24) is 0 Å². The first kappa shape index (κ1) is 103. The molecule has 0 aliphatic rings. The van der Waals surface area contributed by atoms with Gasteiger partial charge < -0.3 is 33.8 Å². The van der Waals surface area contributed by atoms with Crippen molar-refractivity contribution >= 4 is 39.5 Å².